The van der Waals surface area contributed by atoms with Crippen LogP contribution >= 0.6 is 0 Å². The zero-order chi connectivity index (χ0) is 20.4. The van der Waals surface area contributed by atoms with Gasteiger partial charge in [-0.1, -0.05) is 19.9 Å². The molecule has 29 heavy (non-hydrogen) atoms. The average Bonchev–Trinajstić information content (AvgIpc) is 3.07. The van der Waals surface area contributed by atoms with E-state index in [2.05, 4.69) is 24.9 Å². The molecule has 5 rings (SSSR count). The molecular weight excluding hydrogens is 358 g/mol. The van der Waals surface area contributed by atoms with E-state index >= 15 is 0 Å². The number of aromatic nitrogens is 1. The summed E-state index contributed by atoms with van der Waals surface area (Å²) in [4.78, 5) is 4.29. The van der Waals surface area contributed by atoms with E-state index in [1.54, 1.807) is 6.20 Å². The van der Waals surface area contributed by atoms with Crippen LogP contribution in [0.5, 0.6) is 0 Å². The van der Waals surface area contributed by atoms with E-state index in [0.717, 1.165) is 42.6 Å². The SMILES string of the molecule is CC(O)(c1cccnc1)[C@H]1CC[C@H]2[C@@H]3CC[C@H]4C[C@@H](O)CC[C@]4(C)[C@H]3CC[C@]12C. The topological polar surface area (TPSA) is 53.4 Å². The highest BCUT2D eigenvalue weighted by atomic mass is 16.3. The second kappa shape index (κ2) is 6.79. The Morgan fingerprint density at radius 1 is 1.00 bits per heavy atom. The predicted molar refractivity (Wildman–Crippen MR) is 115 cm³/mol. The van der Waals surface area contributed by atoms with Gasteiger partial charge in [-0.05, 0) is 111 Å². The molecule has 0 aliphatic heterocycles. The molecule has 3 heteroatoms. The van der Waals surface area contributed by atoms with Crippen LogP contribution in [0.25, 0.3) is 0 Å². The number of pyridine rings is 1. The predicted octanol–water partition coefficient (Wildman–Crippen LogP) is 5.31. The third-order valence-electron chi connectivity index (χ3n) is 10.6. The van der Waals surface area contributed by atoms with Crippen molar-refractivity contribution in [3.05, 3.63) is 30.1 Å². The van der Waals surface area contributed by atoms with Crippen molar-refractivity contribution in [2.24, 2.45) is 40.4 Å². The van der Waals surface area contributed by atoms with Crippen molar-refractivity contribution < 1.29 is 10.2 Å². The van der Waals surface area contributed by atoms with E-state index in [-0.39, 0.29) is 11.5 Å². The second-order valence-corrected chi connectivity index (χ2v) is 11.6. The Balaban J connectivity index is 1.43. The molecule has 1 aromatic heterocycles. The molecule has 0 amide bonds. The van der Waals surface area contributed by atoms with Crippen LogP contribution in [0.15, 0.2) is 24.5 Å². The maximum atomic E-state index is 11.7. The zero-order valence-corrected chi connectivity index (χ0v) is 18.5. The van der Waals surface area contributed by atoms with Crippen LogP contribution in [0.3, 0.4) is 0 Å². The summed E-state index contributed by atoms with van der Waals surface area (Å²) in [6.45, 7) is 7.09. The van der Waals surface area contributed by atoms with Gasteiger partial charge in [0, 0.05) is 18.0 Å². The summed E-state index contributed by atoms with van der Waals surface area (Å²) in [5, 5.41) is 21.9. The number of aliphatic hydroxyl groups excluding tert-OH is 1. The number of hydrogen-bond donors (Lipinski definition) is 2. The Morgan fingerprint density at radius 3 is 2.52 bits per heavy atom. The molecule has 1 unspecified atom stereocenters. The lowest BCUT2D eigenvalue weighted by Crippen LogP contribution is -2.55. The molecule has 160 valence electrons. The number of rotatable bonds is 2. The molecule has 2 N–H and O–H groups in total. The van der Waals surface area contributed by atoms with Crippen molar-refractivity contribution in [3.63, 3.8) is 0 Å². The molecule has 4 aliphatic carbocycles. The molecule has 0 saturated heterocycles. The normalized spacial score (nSPS) is 48.9. The van der Waals surface area contributed by atoms with Crippen LogP contribution in [0.1, 0.15) is 84.1 Å². The van der Waals surface area contributed by atoms with Gasteiger partial charge in [0.25, 0.3) is 0 Å². The van der Waals surface area contributed by atoms with E-state index in [1.165, 1.54) is 38.5 Å². The van der Waals surface area contributed by atoms with Crippen LogP contribution < -0.4 is 0 Å². The van der Waals surface area contributed by atoms with Gasteiger partial charge in [-0.3, -0.25) is 4.98 Å². The molecule has 1 heterocycles. The van der Waals surface area contributed by atoms with Crippen molar-refractivity contribution in [3.8, 4) is 0 Å². The van der Waals surface area contributed by atoms with Crippen molar-refractivity contribution in [1.29, 1.82) is 0 Å². The number of aliphatic hydroxyl groups is 2. The maximum Gasteiger partial charge on any atom is 0.0916 e. The Labute approximate surface area is 176 Å². The highest BCUT2D eigenvalue weighted by Gasteiger charge is 2.62. The lowest BCUT2D eigenvalue weighted by Gasteiger charge is -2.61. The Morgan fingerprint density at radius 2 is 1.76 bits per heavy atom. The van der Waals surface area contributed by atoms with Crippen molar-refractivity contribution in [1.82, 2.24) is 4.98 Å². The van der Waals surface area contributed by atoms with Gasteiger partial charge < -0.3 is 10.2 Å². The van der Waals surface area contributed by atoms with Crippen LogP contribution in [0, 0.1) is 40.4 Å². The smallest absolute Gasteiger partial charge is 0.0916 e. The Kier molecular flexibility index (Phi) is 4.68. The fourth-order valence-corrected chi connectivity index (χ4v) is 9.02. The minimum atomic E-state index is -0.805. The van der Waals surface area contributed by atoms with Gasteiger partial charge in [-0.15, -0.1) is 0 Å². The van der Waals surface area contributed by atoms with Gasteiger partial charge in [-0.2, -0.15) is 0 Å². The van der Waals surface area contributed by atoms with Gasteiger partial charge in [0.2, 0.25) is 0 Å². The van der Waals surface area contributed by atoms with Gasteiger partial charge in [-0.25, -0.2) is 0 Å². The lowest BCUT2D eigenvalue weighted by molar-refractivity contribution is -0.145. The molecule has 3 nitrogen and oxygen atoms in total. The number of fused-ring (bicyclic) bond motifs is 5. The zero-order valence-electron chi connectivity index (χ0n) is 18.5. The summed E-state index contributed by atoms with van der Waals surface area (Å²) in [5.74, 6) is 3.38. The molecule has 0 radical (unpaired) electrons. The number of hydrogen-bond acceptors (Lipinski definition) is 3. The summed E-state index contributed by atoms with van der Waals surface area (Å²) in [6.07, 6.45) is 14.4. The van der Waals surface area contributed by atoms with E-state index in [4.69, 9.17) is 0 Å². The Hall–Kier alpha value is -0.930. The van der Waals surface area contributed by atoms with Crippen molar-refractivity contribution in [2.75, 3.05) is 0 Å². The highest BCUT2D eigenvalue weighted by Crippen LogP contribution is 2.69. The quantitative estimate of drug-likeness (QED) is 0.711. The van der Waals surface area contributed by atoms with Crippen LogP contribution in [-0.4, -0.2) is 21.3 Å². The molecule has 4 saturated carbocycles. The summed E-state index contributed by atoms with van der Waals surface area (Å²) < 4.78 is 0. The standard InChI is InChI=1S/C26H39NO2/c1-24-12-10-19(28)15-17(24)6-7-20-21-8-9-23(25(21,2)13-11-22(20)24)26(3,29)18-5-4-14-27-16-18/h4-5,14,16-17,19-23,28-29H,6-13,15H2,1-3H3/t17-,19-,20-,21-,22-,23-,24-,25-,26?/m0/s1. The third kappa shape index (κ3) is 2.86. The minimum Gasteiger partial charge on any atom is -0.393 e. The first-order valence-corrected chi connectivity index (χ1v) is 12.1. The first-order valence-electron chi connectivity index (χ1n) is 12.1. The van der Waals surface area contributed by atoms with E-state index < -0.39 is 5.60 Å². The largest absolute Gasteiger partial charge is 0.393 e. The first kappa shape index (κ1) is 20.0. The molecule has 4 fully saturated rings. The summed E-state index contributed by atoms with van der Waals surface area (Å²) >= 11 is 0. The van der Waals surface area contributed by atoms with Gasteiger partial charge in [0.1, 0.15) is 0 Å². The van der Waals surface area contributed by atoms with Gasteiger partial charge in [0.05, 0.1) is 11.7 Å². The Bertz CT molecular complexity index is 748. The highest BCUT2D eigenvalue weighted by molar-refractivity contribution is 5.22. The summed E-state index contributed by atoms with van der Waals surface area (Å²) in [5.41, 5.74) is 0.817. The lowest BCUT2D eigenvalue weighted by atomic mass is 9.44. The maximum absolute atomic E-state index is 11.7. The van der Waals surface area contributed by atoms with E-state index in [0.29, 0.717) is 17.3 Å². The molecule has 0 bridgehead atoms. The van der Waals surface area contributed by atoms with E-state index in [1.807, 2.05) is 19.2 Å². The van der Waals surface area contributed by atoms with Crippen LogP contribution in [0.4, 0.5) is 0 Å². The average molecular weight is 398 g/mol. The third-order valence-corrected chi connectivity index (χ3v) is 10.6. The molecule has 0 spiro atoms. The fraction of sp³-hybridized carbons (Fsp3) is 0.808. The fourth-order valence-electron chi connectivity index (χ4n) is 9.02. The number of nitrogens with zero attached hydrogens (tertiary/aromatic N) is 1. The van der Waals surface area contributed by atoms with Crippen molar-refractivity contribution >= 4 is 0 Å². The summed E-state index contributed by atoms with van der Waals surface area (Å²) in [6, 6.07) is 4.00. The molecular formula is C26H39NO2. The summed E-state index contributed by atoms with van der Waals surface area (Å²) in [7, 11) is 0. The van der Waals surface area contributed by atoms with Crippen molar-refractivity contribution in [2.45, 2.75) is 90.3 Å². The van der Waals surface area contributed by atoms with Gasteiger partial charge >= 0.3 is 0 Å². The monoisotopic (exact) mass is 397 g/mol. The molecule has 9 atom stereocenters. The molecule has 0 aromatic carbocycles. The van der Waals surface area contributed by atoms with Crippen LogP contribution in [-0.2, 0) is 5.60 Å². The van der Waals surface area contributed by atoms with E-state index in [9.17, 15) is 10.2 Å². The molecule has 4 aliphatic rings. The first-order chi connectivity index (χ1) is 13.8. The van der Waals surface area contributed by atoms with Crippen LogP contribution in [0.2, 0.25) is 0 Å². The second-order valence-electron chi connectivity index (χ2n) is 11.6. The van der Waals surface area contributed by atoms with Gasteiger partial charge in [0.15, 0.2) is 0 Å². The molecule has 1 aromatic rings. The minimum absolute atomic E-state index is 0.0658.